The van der Waals surface area contributed by atoms with Crippen LogP contribution in [-0.4, -0.2) is 53.2 Å². The molecule has 2 saturated heterocycles. The van der Waals surface area contributed by atoms with Crippen molar-refractivity contribution in [1.82, 2.24) is 10.1 Å². The molecular formula is C31H32F3N3O6. The molecule has 3 fully saturated rings. The summed E-state index contributed by atoms with van der Waals surface area (Å²) in [5.41, 5.74) is 2.11. The maximum absolute atomic E-state index is 13.2. The van der Waals surface area contributed by atoms with E-state index in [2.05, 4.69) is 15.2 Å². The summed E-state index contributed by atoms with van der Waals surface area (Å²) in [6.07, 6.45) is -0.153. The molecule has 1 N–H and O–H groups in total. The number of fused-ring (bicyclic) bond motifs is 2. The number of carbonyl (C=O) groups is 2. The van der Waals surface area contributed by atoms with Crippen molar-refractivity contribution in [2.24, 2.45) is 0 Å². The number of ether oxygens (including phenoxy) is 3. The predicted molar refractivity (Wildman–Crippen MR) is 148 cm³/mol. The molecule has 3 aromatic rings. The van der Waals surface area contributed by atoms with E-state index in [1.165, 1.54) is 18.2 Å². The number of aromatic nitrogens is 1. The zero-order valence-electron chi connectivity index (χ0n) is 23.6. The standard InChI is InChI=1S/C31H32F3N3O6/c1-2-40-29(38)19-9-11-20(12-10-19)35-30(39)37-21-13-14-22(37)16-23(15-21)41-17-25-27(36-43-28(25)18-7-8-18)24-5-3-4-6-26(24)42-31(32,33)34/h3-6,9-12,18,21-23H,2,7-8,13-17H2,1H3,(H,35,39). The molecular weight excluding hydrogens is 567 g/mol. The highest BCUT2D eigenvalue weighted by Crippen LogP contribution is 2.46. The van der Waals surface area contributed by atoms with Crippen LogP contribution >= 0.6 is 0 Å². The SMILES string of the molecule is CCOC(=O)c1ccc(NC(=O)N2C3CCC2CC(OCc2c(-c4ccccc4OC(F)(F)F)noc2C2CC2)C3)cc1. The summed E-state index contributed by atoms with van der Waals surface area (Å²) in [6, 6.07) is 12.3. The second-order valence-electron chi connectivity index (χ2n) is 11.1. The first-order valence-electron chi connectivity index (χ1n) is 14.5. The summed E-state index contributed by atoms with van der Waals surface area (Å²) in [5.74, 6) is 0.0518. The van der Waals surface area contributed by atoms with Crippen LogP contribution in [0.3, 0.4) is 0 Å². The van der Waals surface area contributed by atoms with Crippen LogP contribution in [0.15, 0.2) is 53.1 Å². The first-order valence-corrected chi connectivity index (χ1v) is 14.5. The zero-order chi connectivity index (χ0) is 30.1. The van der Waals surface area contributed by atoms with Crippen LogP contribution in [0.25, 0.3) is 11.3 Å². The van der Waals surface area contributed by atoms with Gasteiger partial charge in [0.15, 0.2) is 0 Å². The number of halogens is 3. The maximum atomic E-state index is 13.2. The zero-order valence-corrected chi connectivity index (χ0v) is 23.6. The summed E-state index contributed by atoms with van der Waals surface area (Å²) >= 11 is 0. The number of benzene rings is 2. The fraction of sp³-hybridized carbons (Fsp3) is 0.452. The van der Waals surface area contributed by atoms with Crippen molar-refractivity contribution in [3.05, 3.63) is 65.4 Å². The van der Waals surface area contributed by atoms with Gasteiger partial charge in [-0.3, -0.25) is 0 Å². The van der Waals surface area contributed by atoms with Gasteiger partial charge in [-0.05, 0) is 81.8 Å². The molecule has 9 nitrogen and oxygen atoms in total. The van der Waals surface area contributed by atoms with Gasteiger partial charge >= 0.3 is 18.4 Å². The molecule has 2 amide bonds. The summed E-state index contributed by atoms with van der Waals surface area (Å²) in [5, 5.41) is 7.09. The molecule has 1 aromatic heterocycles. The van der Waals surface area contributed by atoms with Crippen LogP contribution in [0, 0.1) is 0 Å². The minimum absolute atomic E-state index is 0.00619. The van der Waals surface area contributed by atoms with Crippen molar-refractivity contribution >= 4 is 17.7 Å². The highest BCUT2D eigenvalue weighted by Gasteiger charge is 2.44. The number of nitrogens with zero attached hydrogens (tertiary/aromatic N) is 2. The summed E-state index contributed by atoms with van der Waals surface area (Å²) in [6.45, 7) is 2.16. The molecule has 1 saturated carbocycles. The van der Waals surface area contributed by atoms with Gasteiger partial charge in [0, 0.05) is 34.8 Å². The molecule has 43 heavy (non-hydrogen) atoms. The topological polar surface area (TPSA) is 103 Å². The number of nitrogens with one attached hydrogen (secondary N) is 1. The Kier molecular flexibility index (Phi) is 8.04. The second kappa shape index (κ2) is 11.9. The molecule has 1 aliphatic carbocycles. The van der Waals surface area contributed by atoms with Gasteiger partial charge in [-0.15, -0.1) is 13.2 Å². The van der Waals surface area contributed by atoms with Crippen molar-refractivity contribution in [3.63, 3.8) is 0 Å². The Morgan fingerprint density at radius 3 is 2.37 bits per heavy atom. The lowest BCUT2D eigenvalue weighted by Crippen LogP contribution is -2.50. The second-order valence-corrected chi connectivity index (χ2v) is 11.1. The average Bonchev–Trinajstić information content (AvgIpc) is 3.67. The molecule has 0 spiro atoms. The van der Waals surface area contributed by atoms with E-state index in [1.54, 1.807) is 37.3 Å². The van der Waals surface area contributed by atoms with Gasteiger partial charge in [0.2, 0.25) is 0 Å². The Bertz CT molecular complexity index is 1460. The van der Waals surface area contributed by atoms with E-state index in [9.17, 15) is 22.8 Å². The third-order valence-electron chi connectivity index (χ3n) is 8.17. The molecule has 2 unspecified atom stereocenters. The Balaban J connectivity index is 1.11. The lowest BCUT2D eigenvalue weighted by molar-refractivity contribution is -0.274. The minimum atomic E-state index is -4.85. The summed E-state index contributed by atoms with van der Waals surface area (Å²) < 4.78 is 60.6. The van der Waals surface area contributed by atoms with Crippen LogP contribution in [0.2, 0.25) is 0 Å². The number of esters is 1. The predicted octanol–water partition coefficient (Wildman–Crippen LogP) is 7.04. The first kappa shape index (κ1) is 29.0. The number of hydrogen-bond donors (Lipinski definition) is 1. The highest BCUT2D eigenvalue weighted by molar-refractivity contribution is 5.92. The van der Waals surface area contributed by atoms with Gasteiger partial charge in [-0.1, -0.05) is 17.3 Å². The van der Waals surface area contributed by atoms with Crippen LogP contribution in [0.5, 0.6) is 5.75 Å². The smallest absolute Gasteiger partial charge is 0.462 e. The number of rotatable bonds is 9. The number of carbonyl (C=O) groups excluding carboxylic acids is 2. The number of para-hydroxylation sites is 1. The van der Waals surface area contributed by atoms with Crippen LogP contribution in [0.4, 0.5) is 23.7 Å². The fourth-order valence-electron chi connectivity index (χ4n) is 6.10. The van der Waals surface area contributed by atoms with Gasteiger partial charge in [0.1, 0.15) is 17.2 Å². The van der Waals surface area contributed by atoms with Gasteiger partial charge in [-0.25, -0.2) is 9.59 Å². The monoisotopic (exact) mass is 599 g/mol. The Morgan fingerprint density at radius 2 is 1.72 bits per heavy atom. The quantitative estimate of drug-likeness (QED) is 0.263. The van der Waals surface area contributed by atoms with Crippen LogP contribution < -0.4 is 10.1 Å². The lowest BCUT2D eigenvalue weighted by atomic mass is 9.99. The minimum Gasteiger partial charge on any atom is -0.462 e. The van der Waals surface area contributed by atoms with Gasteiger partial charge in [0.25, 0.3) is 0 Å². The van der Waals surface area contributed by atoms with Gasteiger partial charge < -0.3 is 29.0 Å². The van der Waals surface area contributed by atoms with E-state index in [0.717, 1.165) is 25.7 Å². The maximum Gasteiger partial charge on any atom is 0.573 e. The summed E-state index contributed by atoms with van der Waals surface area (Å²) in [7, 11) is 0. The van der Waals surface area contributed by atoms with E-state index >= 15 is 0 Å². The molecule has 3 aliphatic rings. The van der Waals surface area contributed by atoms with Gasteiger partial charge in [0.05, 0.1) is 24.9 Å². The molecule has 0 radical (unpaired) electrons. The number of hydrogen-bond acceptors (Lipinski definition) is 7. The first-order chi connectivity index (χ1) is 20.7. The van der Waals surface area contributed by atoms with Gasteiger partial charge in [-0.2, -0.15) is 0 Å². The molecule has 2 aliphatic heterocycles. The largest absolute Gasteiger partial charge is 0.573 e. The van der Waals surface area contributed by atoms with E-state index in [4.69, 9.17) is 14.0 Å². The Hall–Kier alpha value is -4.06. The molecule has 6 rings (SSSR count). The number of anilines is 1. The van der Waals surface area contributed by atoms with Crippen molar-refractivity contribution < 1.29 is 41.5 Å². The van der Waals surface area contributed by atoms with E-state index < -0.39 is 12.3 Å². The number of alkyl halides is 3. The third-order valence-corrected chi connectivity index (χ3v) is 8.17. The van der Waals surface area contributed by atoms with Crippen LogP contribution in [-0.2, 0) is 16.1 Å². The van der Waals surface area contributed by atoms with Crippen molar-refractivity contribution in [2.45, 2.75) is 82.5 Å². The van der Waals surface area contributed by atoms with E-state index in [0.29, 0.717) is 35.4 Å². The number of piperidine rings is 1. The molecule has 2 atom stereocenters. The lowest BCUT2D eigenvalue weighted by Gasteiger charge is -2.38. The molecule has 228 valence electrons. The Labute approximate surface area is 246 Å². The average molecular weight is 600 g/mol. The Morgan fingerprint density at radius 1 is 1.02 bits per heavy atom. The number of urea groups is 1. The molecule has 2 bridgehead atoms. The normalized spacial score (nSPS) is 21.5. The van der Waals surface area contributed by atoms with Crippen molar-refractivity contribution in [3.8, 4) is 17.0 Å². The molecule has 12 heteroatoms. The summed E-state index contributed by atoms with van der Waals surface area (Å²) in [4.78, 5) is 27.0. The van der Waals surface area contributed by atoms with Crippen molar-refractivity contribution in [2.75, 3.05) is 11.9 Å². The fourth-order valence-corrected chi connectivity index (χ4v) is 6.10. The molecule has 3 heterocycles. The number of amides is 2. The van der Waals surface area contributed by atoms with Crippen LogP contribution in [0.1, 0.15) is 73.0 Å². The third kappa shape index (κ3) is 6.48. The van der Waals surface area contributed by atoms with Crippen molar-refractivity contribution in [1.29, 1.82) is 0 Å². The molecule has 2 aromatic carbocycles. The highest BCUT2D eigenvalue weighted by atomic mass is 19.4. The van der Waals surface area contributed by atoms with E-state index in [1.807, 2.05) is 4.90 Å². The van der Waals surface area contributed by atoms with E-state index in [-0.39, 0.29) is 60.4 Å².